The van der Waals surface area contributed by atoms with E-state index in [2.05, 4.69) is 15.3 Å². The molecule has 2 aromatic heterocycles. The molecular weight excluding hydrogens is 418 g/mol. The van der Waals surface area contributed by atoms with Gasteiger partial charge in [-0.2, -0.15) is 13.2 Å². The first kappa shape index (κ1) is 20.6. The predicted molar refractivity (Wildman–Crippen MR) is 101 cm³/mol. The Morgan fingerprint density at radius 1 is 1.19 bits per heavy atom. The Hall–Kier alpha value is -3.69. The van der Waals surface area contributed by atoms with E-state index in [9.17, 15) is 27.2 Å². The minimum atomic E-state index is -4.93. The highest BCUT2D eigenvalue weighted by atomic mass is 19.4. The third-order valence-electron chi connectivity index (χ3n) is 5.05. The highest BCUT2D eigenvalue weighted by Crippen LogP contribution is 2.42. The number of hydrogen-bond acceptors (Lipinski definition) is 4. The van der Waals surface area contributed by atoms with Gasteiger partial charge < -0.3 is 15.0 Å². The van der Waals surface area contributed by atoms with E-state index in [0.29, 0.717) is 12.1 Å². The number of rotatable bonds is 3. The maximum absolute atomic E-state index is 13.9. The van der Waals surface area contributed by atoms with Crippen molar-refractivity contribution in [3.8, 4) is 5.75 Å². The molecule has 1 aromatic carbocycles. The lowest BCUT2D eigenvalue weighted by Gasteiger charge is -2.39. The number of halogens is 4. The molecular formula is C21H15F4N3O3. The largest absolute Gasteiger partial charge is 0.491 e. The Bertz CT molecular complexity index is 1190. The van der Waals surface area contributed by atoms with E-state index in [0.717, 1.165) is 6.07 Å². The second-order valence-electron chi connectivity index (χ2n) is 6.94. The van der Waals surface area contributed by atoms with Crippen LogP contribution < -0.4 is 15.6 Å². The molecule has 1 aliphatic heterocycles. The summed E-state index contributed by atoms with van der Waals surface area (Å²) in [5, 5.41) is 2.75. The molecule has 3 aromatic rings. The predicted octanol–water partition coefficient (Wildman–Crippen LogP) is 3.38. The zero-order valence-electron chi connectivity index (χ0n) is 15.8. The number of carbonyl (C=O) groups is 1. The summed E-state index contributed by atoms with van der Waals surface area (Å²) in [6.07, 6.45) is -2.27. The van der Waals surface area contributed by atoms with Crippen molar-refractivity contribution in [2.75, 3.05) is 6.61 Å². The minimum Gasteiger partial charge on any atom is -0.491 e. The van der Waals surface area contributed by atoms with Crippen molar-refractivity contribution in [3.63, 3.8) is 0 Å². The van der Waals surface area contributed by atoms with Gasteiger partial charge in [0.2, 0.25) is 5.56 Å². The summed E-state index contributed by atoms with van der Waals surface area (Å²) in [6, 6.07) is 8.17. The number of fused-ring (bicyclic) bond motifs is 1. The molecule has 0 bridgehead atoms. The average molecular weight is 433 g/mol. The van der Waals surface area contributed by atoms with Gasteiger partial charge in [-0.1, -0.05) is 6.07 Å². The quantitative estimate of drug-likeness (QED) is 0.621. The number of amides is 1. The maximum Gasteiger partial charge on any atom is 0.419 e. The summed E-state index contributed by atoms with van der Waals surface area (Å²) in [7, 11) is 0. The Balaban J connectivity index is 1.89. The molecule has 3 heterocycles. The molecule has 31 heavy (non-hydrogen) atoms. The van der Waals surface area contributed by atoms with Crippen molar-refractivity contribution in [2.24, 2.45) is 0 Å². The van der Waals surface area contributed by atoms with Crippen LogP contribution in [-0.4, -0.2) is 22.5 Å². The number of H-pyrrole nitrogens is 1. The third-order valence-corrected chi connectivity index (χ3v) is 5.05. The molecule has 10 heteroatoms. The first-order valence-corrected chi connectivity index (χ1v) is 9.17. The molecule has 0 unspecified atom stereocenters. The lowest BCUT2D eigenvalue weighted by Crippen LogP contribution is -2.50. The van der Waals surface area contributed by atoms with E-state index in [-0.39, 0.29) is 35.6 Å². The second-order valence-corrected chi connectivity index (χ2v) is 6.94. The van der Waals surface area contributed by atoms with Crippen molar-refractivity contribution >= 4 is 5.91 Å². The molecule has 160 valence electrons. The molecule has 0 aliphatic carbocycles. The molecule has 0 radical (unpaired) electrons. The van der Waals surface area contributed by atoms with E-state index in [1.165, 1.54) is 24.5 Å². The fourth-order valence-corrected chi connectivity index (χ4v) is 3.56. The Kier molecular flexibility index (Phi) is 5.00. The van der Waals surface area contributed by atoms with E-state index in [1.807, 2.05) is 0 Å². The summed E-state index contributed by atoms with van der Waals surface area (Å²) < 4.78 is 59.6. The molecule has 4 rings (SSSR count). The summed E-state index contributed by atoms with van der Waals surface area (Å²) in [5.74, 6) is -1.80. The molecule has 0 saturated heterocycles. The zero-order valence-corrected chi connectivity index (χ0v) is 15.8. The van der Waals surface area contributed by atoms with Crippen molar-refractivity contribution in [3.05, 3.63) is 93.4 Å². The number of nitrogens with zero attached hydrogens (tertiary/aromatic N) is 1. The smallest absolute Gasteiger partial charge is 0.419 e. The van der Waals surface area contributed by atoms with Crippen LogP contribution in [0.2, 0.25) is 0 Å². The van der Waals surface area contributed by atoms with Gasteiger partial charge in [0.25, 0.3) is 5.91 Å². The highest BCUT2D eigenvalue weighted by molar-refractivity contribution is 5.94. The van der Waals surface area contributed by atoms with E-state index < -0.39 is 34.6 Å². The van der Waals surface area contributed by atoms with Crippen LogP contribution in [0.3, 0.4) is 0 Å². The van der Waals surface area contributed by atoms with Gasteiger partial charge >= 0.3 is 6.18 Å². The van der Waals surface area contributed by atoms with Gasteiger partial charge in [-0.15, -0.1) is 0 Å². The van der Waals surface area contributed by atoms with Crippen LogP contribution in [0.15, 0.2) is 59.7 Å². The summed E-state index contributed by atoms with van der Waals surface area (Å²) >= 11 is 0. The summed E-state index contributed by atoms with van der Waals surface area (Å²) in [4.78, 5) is 30.9. The molecule has 1 aliphatic rings. The number of nitrogens with one attached hydrogen (secondary N) is 2. The van der Waals surface area contributed by atoms with Gasteiger partial charge in [-0.05, 0) is 35.9 Å². The summed E-state index contributed by atoms with van der Waals surface area (Å²) in [6.45, 7) is 0.0727. The van der Waals surface area contributed by atoms with Crippen LogP contribution in [0.25, 0.3) is 0 Å². The number of pyridine rings is 2. The van der Waals surface area contributed by atoms with Gasteiger partial charge in [0.05, 0.1) is 17.7 Å². The lowest BCUT2D eigenvalue weighted by molar-refractivity contribution is -0.140. The number of carbonyl (C=O) groups excluding carboxylic acids is 1. The summed E-state index contributed by atoms with van der Waals surface area (Å²) in [5.41, 5.74) is -3.11. The molecule has 1 amide bonds. The molecule has 0 spiro atoms. The minimum absolute atomic E-state index is 0.00208. The van der Waals surface area contributed by atoms with Crippen LogP contribution in [0, 0.1) is 5.82 Å². The Labute approximate surface area is 172 Å². The van der Waals surface area contributed by atoms with E-state index in [4.69, 9.17) is 4.74 Å². The second kappa shape index (κ2) is 7.53. The van der Waals surface area contributed by atoms with Crippen LogP contribution in [0.5, 0.6) is 5.75 Å². The van der Waals surface area contributed by atoms with Gasteiger partial charge in [-0.3, -0.25) is 14.6 Å². The van der Waals surface area contributed by atoms with Crippen molar-refractivity contribution in [2.45, 2.75) is 18.1 Å². The number of ether oxygens (including phenoxy) is 1. The zero-order chi connectivity index (χ0) is 22.2. The molecule has 0 fully saturated rings. The lowest BCUT2D eigenvalue weighted by atomic mass is 9.80. The SMILES string of the molecule is O=C(N[C@]1(c2ccc(F)c(C(F)(F)F)c2)CCOc2cccnc21)c1ccc(=O)[nH]c1. The van der Waals surface area contributed by atoms with Crippen LogP contribution in [-0.2, 0) is 11.7 Å². The monoisotopic (exact) mass is 433 g/mol. The number of aromatic nitrogens is 2. The maximum atomic E-state index is 13.9. The highest BCUT2D eigenvalue weighted by Gasteiger charge is 2.44. The molecule has 6 nitrogen and oxygen atoms in total. The van der Waals surface area contributed by atoms with Crippen LogP contribution in [0.1, 0.15) is 33.6 Å². The number of aromatic amines is 1. The van der Waals surface area contributed by atoms with E-state index in [1.54, 1.807) is 12.1 Å². The van der Waals surface area contributed by atoms with Gasteiger partial charge in [0, 0.05) is 24.9 Å². The first-order chi connectivity index (χ1) is 14.7. The van der Waals surface area contributed by atoms with Crippen LogP contribution in [0.4, 0.5) is 17.6 Å². The fraction of sp³-hybridized carbons (Fsp3) is 0.190. The number of alkyl halides is 3. The third kappa shape index (κ3) is 3.76. The first-order valence-electron chi connectivity index (χ1n) is 9.17. The topological polar surface area (TPSA) is 84.1 Å². The average Bonchev–Trinajstić information content (AvgIpc) is 2.74. The number of benzene rings is 1. The normalized spacial score (nSPS) is 18.1. The van der Waals surface area contributed by atoms with Crippen molar-refractivity contribution in [1.29, 1.82) is 0 Å². The van der Waals surface area contributed by atoms with E-state index >= 15 is 0 Å². The van der Waals surface area contributed by atoms with Crippen molar-refractivity contribution in [1.82, 2.24) is 15.3 Å². The van der Waals surface area contributed by atoms with Gasteiger partial charge in [-0.25, -0.2) is 4.39 Å². The Morgan fingerprint density at radius 2 is 2.00 bits per heavy atom. The standard InChI is InChI=1S/C21H15F4N3O3/c22-15-5-4-13(10-14(15)21(23,24)25)20(7-9-31-16-2-1-8-26-18(16)20)28-19(30)12-3-6-17(29)27-11-12/h1-6,8,10-11H,7,9H2,(H,27,29)(H,28,30)/t20-/m0/s1. The molecule has 0 saturated carbocycles. The van der Waals surface area contributed by atoms with Gasteiger partial charge in [0.15, 0.2) is 0 Å². The number of hydrogen-bond donors (Lipinski definition) is 2. The molecule has 2 N–H and O–H groups in total. The Morgan fingerprint density at radius 3 is 2.71 bits per heavy atom. The van der Waals surface area contributed by atoms with Gasteiger partial charge in [0.1, 0.15) is 22.8 Å². The molecule has 1 atom stereocenters. The van der Waals surface area contributed by atoms with Crippen molar-refractivity contribution < 1.29 is 27.1 Å². The fourth-order valence-electron chi connectivity index (χ4n) is 3.56. The van der Waals surface area contributed by atoms with Crippen LogP contribution >= 0.6 is 0 Å².